The summed E-state index contributed by atoms with van der Waals surface area (Å²) in [5.41, 5.74) is 4.43. The second-order valence-electron chi connectivity index (χ2n) is 9.29. The van der Waals surface area contributed by atoms with Crippen LogP contribution in [-0.2, 0) is 0 Å². The molecule has 3 atom stereocenters. The highest BCUT2D eigenvalue weighted by Crippen LogP contribution is 2.37. The third-order valence-corrected chi connectivity index (χ3v) is 7.50. The van der Waals surface area contributed by atoms with E-state index in [0.29, 0.717) is 22.9 Å². The first-order chi connectivity index (χ1) is 15.1. The van der Waals surface area contributed by atoms with Gasteiger partial charge in [-0.25, -0.2) is 4.52 Å². The maximum atomic E-state index is 9.34. The van der Waals surface area contributed by atoms with E-state index in [1.54, 1.807) is 17.8 Å². The van der Waals surface area contributed by atoms with Gasteiger partial charge in [-0.3, -0.25) is 9.58 Å². The molecule has 0 aromatic carbocycles. The molecule has 3 aromatic rings. The molecule has 6 rings (SSSR count). The molecule has 160 valence electrons. The van der Waals surface area contributed by atoms with Crippen LogP contribution < -0.4 is 10.1 Å². The van der Waals surface area contributed by atoms with Gasteiger partial charge >= 0.3 is 0 Å². The van der Waals surface area contributed by atoms with Crippen LogP contribution in [0.3, 0.4) is 0 Å². The Hall–Kier alpha value is -2.89. The summed E-state index contributed by atoms with van der Waals surface area (Å²) in [6.45, 7) is 5.51. The molecule has 3 aromatic heterocycles. The zero-order valence-electron chi connectivity index (χ0n) is 18.0. The lowest BCUT2D eigenvalue weighted by Crippen LogP contribution is -2.55. The fourth-order valence-corrected chi connectivity index (χ4v) is 5.85. The summed E-state index contributed by atoms with van der Waals surface area (Å²) in [5, 5.41) is 22.1. The quantitative estimate of drug-likeness (QED) is 0.702. The Kier molecular flexibility index (Phi) is 4.30. The first kappa shape index (κ1) is 18.8. The average molecular weight is 418 g/mol. The molecule has 0 amide bonds. The molecule has 1 saturated carbocycles. The van der Waals surface area contributed by atoms with Crippen LogP contribution in [0.25, 0.3) is 16.6 Å². The van der Waals surface area contributed by atoms with Gasteiger partial charge in [-0.15, -0.1) is 0 Å². The molecule has 5 heterocycles. The Morgan fingerprint density at radius 1 is 1.16 bits per heavy atom. The molecule has 31 heavy (non-hydrogen) atoms. The van der Waals surface area contributed by atoms with Crippen molar-refractivity contribution in [3.05, 3.63) is 35.9 Å². The van der Waals surface area contributed by atoms with Gasteiger partial charge in [0.15, 0.2) is 0 Å². The Bertz CT molecular complexity index is 1170. The number of ether oxygens (including phenoxy) is 1. The molecular formula is C23H27N7O. The third-order valence-electron chi connectivity index (χ3n) is 7.50. The summed E-state index contributed by atoms with van der Waals surface area (Å²) in [4.78, 5) is 2.65. The predicted octanol–water partition coefficient (Wildman–Crippen LogP) is 2.38. The van der Waals surface area contributed by atoms with Crippen molar-refractivity contribution in [2.24, 2.45) is 5.92 Å². The monoisotopic (exact) mass is 417 g/mol. The topological polar surface area (TPSA) is 83.4 Å². The van der Waals surface area contributed by atoms with Gasteiger partial charge in [0.05, 0.1) is 25.5 Å². The molecule has 3 fully saturated rings. The number of nitrogens with one attached hydrogen (secondary N) is 1. The molecule has 2 bridgehead atoms. The Labute approximate surface area is 181 Å². The van der Waals surface area contributed by atoms with Gasteiger partial charge in [-0.05, 0) is 44.7 Å². The van der Waals surface area contributed by atoms with E-state index >= 15 is 0 Å². The zero-order chi connectivity index (χ0) is 21.1. The van der Waals surface area contributed by atoms with Crippen molar-refractivity contribution in [1.82, 2.24) is 29.6 Å². The summed E-state index contributed by atoms with van der Waals surface area (Å²) < 4.78 is 9.47. The normalized spacial score (nSPS) is 26.2. The maximum Gasteiger partial charge on any atom is 0.146 e. The number of likely N-dealkylation sites (tertiary alicyclic amines) is 1. The van der Waals surface area contributed by atoms with E-state index in [1.807, 2.05) is 18.5 Å². The second kappa shape index (κ2) is 7.08. The summed E-state index contributed by atoms with van der Waals surface area (Å²) in [6.07, 6.45) is 9.47. The number of pyridine rings is 1. The highest BCUT2D eigenvalue weighted by atomic mass is 16.5. The number of fused-ring (bicyclic) bond motifs is 3. The van der Waals surface area contributed by atoms with Gasteiger partial charge in [0.25, 0.3) is 0 Å². The number of nitrogens with zero attached hydrogens (tertiary/aromatic N) is 6. The SMILES string of the molecule is COc1cc(-c2cnn(C3CN(C4CC5CNC(C5)C4)C3)c2C)cn2ncc(C#N)c12. The minimum absolute atomic E-state index is 0.432. The highest BCUT2D eigenvalue weighted by Gasteiger charge is 2.41. The second-order valence-corrected chi connectivity index (χ2v) is 9.29. The number of rotatable bonds is 4. The van der Waals surface area contributed by atoms with Gasteiger partial charge in [0.2, 0.25) is 0 Å². The Morgan fingerprint density at radius 2 is 2.03 bits per heavy atom. The van der Waals surface area contributed by atoms with Crippen LogP contribution in [0, 0.1) is 24.2 Å². The third kappa shape index (κ3) is 2.95. The van der Waals surface area contributed by atoms with Crippen molar-refractivity contribution in [2.45, 2.75) is 44.3 Å². The summed E-state index contributed by atoms with van der Waals surface area (Å²) in [7, 11) is 1.62. The van der Waals surface area contributed by atoms with Gasteiger partial charge in [0.1, 0.15) is 22.9 Å². The van der Waals surface area contributed by atoms with Crippen molar-refractivity contribution < 1.29 is 4.74 Å². The van der Waals surface area contributed by atoms with Crippen LogP contribution in [0.5, 0.6) is 5.75 Å². The molecule has 8 heteroatoms. The molecule has 1 N–H and O–H groups in total. The lowest BCUT2D eigenvalue weighted by Gasteiger charge is -2.47. The van der Waals surface area contributed by atoms with Gasteiger partial charge in [-0.1, -0.05) is 0 Å². The minimum atomic E-state index is 0.432. The Balaban J connectivity index is 1.23. The maximum absolute atomic E-state index is 9.34. The van der Waals surface area contributed by atoms with Crippen molar-refractivity contribution in [1.29, 1.82) is 5.26 Å². The van der Waals surface area contributed by atoms with Gasteiger partial charge in [-0.2, -0.15) is 15.5 Å². The van der Waals surface area contributed by atoms with E-state index in [2.05, 4.69) is 33.0 Å². The lowest BCUT2D eigenvalue weighted by molar-refractivity contribution is 0.0280. The molecular weight excluding hydrogens is 390 g/mol. The standard InChI is InChI=1S/C23H27N7O/c1-14-21(16-5-22(31-2)23-17(7-24)9-26-29(23)11-16)10-27-30(14)20-12-28(13-20)19-4-15-3-18(6-19)25-8-15/h5,9-11,15,18-20,25H,3-4,6,8,12-13H2,1-2H3. The van der Waals surface area contributed by atoms with Crippen LogP contribution in [-0.4, -0.2) is 63.1 Å². The first-order valence-corrected chi connectivity index (χ1v) is 11.1. The van der Waals surface area contributed by atoms with E-state index in [4.69, 9.17) is 9.84 Å². The molecule has 0 radical (unpaired) electrons. The molecule has 8 nitrogen and oxygen atoms in total. The highest BCUT2D eigenvalue weighted by molar-refractivity contribution is 5.75. The molecule has 0 spiro atoms. The smallest absolute Gasteiger partial charge is 0.146 e. The van der Waals surface area contributed by atoms with E-state index < -0.39 is 0 Å². The van der Waals surface area contributed by atoms with Gasteiger partial charge in [0, 0.05) is 48.2 Å². The number of hydrogen-bond acceptors (Lipinski definition) is 6. The van der Waals surface area contributed by atoms with E-state index in [1.165, 1.54) is 25.8 Å². The van der Waals surface area contributed by atoms with Crippen molar-refractivity contribution in [3.8, 4) is 22.9 Å². The van der Waals surface area contributed by atoms with Crippen molar-refractivity contribution >= 4 is 5.52 Å². The summed E-state index contributed by atoms with van der Waals surface area (Å²) in [6, 6.07) is 6.05. The predicted molar refractivity (Wildman–Crippen MR) is 116 cm³/mol. The number of aromatic nitrogens is 4. The fourth-order valence-electron chi connectivity index (χ4n) is 5.85. The first-order valence-electron chi connectivity index (χ1n) is 11.1. The van der Waals surface area contributed by atoms with Crippen LogP contribution in [0.4, 0.5) is 0 Å². The molecule has 3 aliphatic rings. The van der Waals surface area contributed by atoms with E-state index in [9.17, 15) is 5.26 Å². The van der Waals surface area contributed by atoms with Crippen molar-refractivity contribution in [2.75, 3.05) is 26.7 Å². The number of hydrogen-bond donors (Lipinski definition) is 1. The van der Waals surface area contributed by atoms with Crippen LogP contribution in [0.1, 0.15) is 36.6 Å². The zero-order valence-corrected chi connectivity index (χ0v) is 18.0. The molecule has 2 aliphatic heterocycles. The fraction of sp³-hybridized carbons (Fsp3) is 0.522. The number of nitriles is 1. The lowest BCUT2D eigenvalue weighted by atomic mass is 9.84. The van der Waals surface area contributed by atoms with Crippen LogP contribution >= 0.6 is 0 Å². The minimum Gasteiger partial charge on any atom is -0.494 e. The van der Waals surface area contributed by atoms with Gasteiger partial charge < -0.3 is 10.1 Å². The summed E-state index contributed by atoms with van der Waals surface area (Å²) in [5.74, 6) is 1.52. The molecule has 3 unspecified atom stereocenters. The summed E-state index contributed by atoms with van der Waals surface area (Å²) >= 11 is 0. The Morgan fingerprint density at radius 3 is 2.81 bits per heavy atom. The van der Waals surface area contributed by atoms with Crippen molar-refractivity contribution in [3.63, 3.8) is 0 Å². The average Bonchev–Trinajstić information content (AvgIpc) is 3.43. The largest absolute Gasteiger partial charge is 0.494 e. The van der Waals surface area contributed by atoms with Crippen LogP contribution in [0.2, 0.25) is 0 Å². The van der Waals surface area contributed by atoms with E-state index in [0.717, 1.165) is 47.9 Å². The molecule has 1 aliphatic carbocycles. The van der Waals surface area contributed by atoms with Crippen LogP contribution in [0.15, 0.2) is 24.7 Å². The number of methoxy groups -OCH3 is 1. The molecule has 2 saturated heterocycles. The van der Waals surface area contributed by atoms with E-state index in [-0.39, 0.29) is 0 Å².